The van der Waals surface area contributed by atoms with Crippen LogP contribution >= 0.6 is 0 Å². The summed E-state index contributed by atoms with van der Waals surface area (Å²) in [6.07, 6.45) is 0.184. The topological polar surface area (TPSA) is 109 Å². The van der Waals surface area contributed by atoms with Gasteiger partial charge in [-0.25, -0.2) is 4.79 Å². The molecule has 0 bridgehead atoms. The van der Waals surface area contributed by atoms with Gasteiger partial charge in [0.05, 0.1) is 19.2 Å². The van der Waals surface area contributed by atoms with Gasteiger partial charge in [0.1, 0.15) is 17.7 Å². The number of carbonyl (C=O) groups excluding carboxylic acids is 3. The minimum Gasteiger partial charge on any atom is -0.444 e. The van der Waals surface area contributed by atoms with E-state index in [2.05, 4.69) is 36.7 Å². The molecular formula is C30H43N3O5. The van der Waals surface area contributed by atoms with E-state index in [1.165, 1.54) is 0 Å². The maximum Gasteiger partial charge on any atom is 0.408 e. The fraction of sp³-hybridized carbons (Fsp3) is 0.500. The predicted octanol–water partition coefficient (Wildman–Crippen LogP) is 4.03. The van der Waals surface area contributed by atoms with Crippen molar-refractivity contribution in [2.24, 2.45) is 5.92 Å². The van der Waals surface area contributed by atoms with Gasteiger partial charge in [-0.15, -0.1) is 0 Å². The van der Waals surface area contributed by atoms with Gasteiger partial charge in [-0.2, -0.15) is 0 Å². The van der Waals surface area contributed by atoms with Gasteiger partial charge >= 0.3 is 6.09 Å². The summed E-state index contributed by atoms with van der Waals surface area (Å²) in [6, 6.07) is 18.1. The van der Waals surface area contributed by atoms with Gasteiger partial charge in [-0.1, -0.05) is 81.4 Å². The van der Waals surface area contributed by atoms with E-state index in [0.29, 0.717) is 13.0 Å². The average Bonchev–Trinajstić information content (AvgIpc) is 3.67. The number of amides is 3. The van der Waals surface area contributed by atoms with Crippen LogP contribution in [0.15, 0.2) is 60.7 Å². The Morgan fingerprint density at radius 2 is 1.39 bits per heavy atom. The zero-order valence-corrected chi connectivity index (χ0v) is 23.5. The Morgan fingerprint density at radius 3 is 1.87 bits per heavy atom. The molecule has 3 N–H and O–H groups in total. The van der Waals surface area contributed by atoms with Crippen LogP contribution in [0.2, 0.25) is 0 Å². The number of carbonyl (C=O) groups is 3. The molecule has 0 spiro atoms. The number of epoxide rings is 1. The number of ether oxygens (including phenoxy) is 2. The molecule has 3 rings (SSSR count). The van der Waals surface area contributed by atoms with Gasteiger partial charge in [0.25, 0.3) is 0 Å². The lowest BCUT2D eigenvalue weighted by Crippen LogP contribution is -2.52. The number of rotatable bonds is 10. The lowest BCUT2D eigenvalue weighted by molar-refractivity contribution is -0.127. The van der Waals surface area contributed by atoms with Crippen molar-refractivity contribution >= 4 is 17.9 Å². The molecule has 8 heteroatoms. The second-order valence-electron chi connectivity index (χ2n) is 11.1. The van der Waals surface area contributed by atoms with Crippen LogP contribution in [0, 0.1) is 5.92 Å². The van der Waals surface area contributed by atoms with E-state index in [-0.39, 0.29) is 31.0 Å². The third-order valence-corrected chi connectivity index (χ3v) is 5.17. The highest BCUT2D eigenvalue weighted by Crippen LogP contribution is 2.18. The Balaban J connectivity index is 0.00000118. The lowest BCUT2D eigenvalue weighted by atomic mass is 10.0. The standard InChI is InChI=1S/C26H33N3O5.C4H10/c1-26(2,3)34-25(32)29-21(15-19-12-8-5-9-13-19)24(31)27-16-23(30)28-20(22-17-33-22)14-18-10-6-4-7-11-18;1-4(2)3/h4-13,20-22H,14-17H2,1-3H3,(H,27,31)(H,28,30)(H,29,32);4H,1-3H3/t20-,21-,22?;/m0./s1. The highest BCUT2D eigenvalue weighted by Gasteiger charge is 2.34. The first kappa shape index (κ1) is 30.8. The molecule has 3 amide bonds. The minimum atomic E-state index is -0.892. The molecule has 1 fully saturated rings. The zero-order valence-electron chi connectivity index (χ0n) is 23.5. The van der Waals surface area contributed by atoms with Gasteiger partial charge in [-0.05, 0) is 44.2 Å². The second-order valence-corrected chi connectivity index (χ2v) is 11.1. The van der Waals surface area contributed by atoms with Crippen LogP contribution in [0.25, 0.3) is 0 Å². The summed E-state index contributed by atoms with van der Waals surface area (Å²) in [7, 11) is 0. The Kier molecular flexibility index (Phi) is 12.3. The van der Waals surface area contributed by atoms with E-state index >= 15 is 0 Å². The summed E-state index contributed by atoms with van der Waals surface area (Å²) < 4.78 is 10.7. The molecule has 1 saturated heterocycles. The van der Waals surface area contributed by atoms with Crippen LogP contribution in [0.3, 0.4) is 0 Å². The Hall–Kier alpha value is -3.39. The van der Waals surface area contributed by atoms with Gasteiger partial charge < -0.3 is 25.4 Å². The fourth-order valence-electron chi connectivity index (χ4n) is 3.49. The number of alkyl carbamates (subject to hydrolysis) is 1. The van der Waals surface area contributed by atoms with Crippen molar-refractivity contribution in [3.05, 3.63) is 71.8 Å². The minimum absolute atomic E-state index is 0.0282. The summed E-state index contributed by atoms with van der Waals surface area (Å²) in [5.74, 6) is 0.0488. The van der Waals surface area contributed by atoms with Crippen LogP contribution in [0.4, 0.5) is 4.79 Å². The van der Waals surface area contributed by atoms with Gasteiger partial charge in [0.15, 0.2) is 0 Å². The number of nitrogens with one attached hydrogen (secondary N) is 3. The Morgan fingerprint density at radius 1 is 0.895 bits per heavy atom. The first-order valence-electron chi connectivity index (χ1n) is 13.2. The molecule has 1 heterocycles. The van der Waals surface area contributed by atoms with Crippen molar-refractivity contribution in [3.63, 3.8) is 0 Å². The highest BCUT2D eigenvalue weighted by atomic mass is 16.6. The van der Waals surface area contributed by atoms with Crippen molar-refractivity contribution in [1.29, 1.82) is 0 Å². The molecule has 1 aliphatic heterocycles. The van der Waals surface area contributed by atoms with E-state index in [4.69, 9.17) is 9.47 Å². The van der Waals surface area contributed by atoms with E-state index in [1.54, 1.807) is 20.8 Å². The first-order chi connectivity index (χ1) is 17.9. The quantitative estimate of drug-likeness (QED) is 0.406. The van der Waals surface area contributed by atoms with Gasteiger partial charge in [-0.3, -0.25) is 9.59 Å². The normalized spacial score (nSPS) is 15.8. The molecule has 0 saturated carbocycles. The van der Waals surface area contributed by atoms with Crippen molar-refractivity contribution in [2.45, 2.75) is 78.2 Å². The third-order valence-electron chi connectivity index (χ3n) is 5.17. The van der Waals surface area contributed by atoms with Crippen LogP contribution in [-0.2, 0) is 31.9 Å². The first-order valence-corrected chi connectivity index (χ1v) is 13.2. The Bertz CT molecular complexity index is 999. The summed E-state index contributed by atoms with van der Waals surface area (Å²) in [6.45, 7) is 12.1. The zero-order chi connectivity index (χ0) is 28.1. The molecule has 3 atom stereocenters. The fourth-order valence-corrected chi connectivity index (χ4v) is 3.49. The SMILES string of the molecule is CC(C)(C)OC(=O)N[C@@H](Cc1ccccc1)C(=O)NCC(=O)N[C@@H](Cc1ccccc1)C1CO1.CC(C)C. The number of benzene rings is 2. The third kappa shape index (κ3) is 13.2. The molecule has 2 aromatic carbocycles. The largest absolute Gasteiger partial charge is 0.444 e. The van der Waals surface area contributed by atoms with Crippen molar-refractivity contribution < 1.29 is 23.9 Å². The number of hydrogen-bond donors (Lipinski definition) is 3. The van der Waals surface area contributed by atoms with E-state index in [0.717, 1.165) is 17.0 Å². The molecule has 0 radical (unpaired) electrons. The van der Waals surface area contributed by atoms with E-state index in [1.807, 2.05) is 60.7 Å². The highest BCUT2D eigenvalue weighted by molar-refractivity contribution is 5.89. The monoisotopic (exact) mass is 525 g/mol. The molecule has 2 aromatic rings. The maximum atomic E-state index is 12.9. The number of hydrogen-bond acceptors (Lipinski definition) is 5. The predicted molar refractivity (Wildman–Crippen MR) is 149 cm³/mol. The molecule has 208 valence electrons. The van der Waals surface area contributed by atoms with Crippen molar-refractivity contribution in [3.8, 4) is 0 Å². The van der Waals surface area contributed by atoms with Gasteiger partial charge in [0, 0.05) is 6.42 Å². The molecule has 1 aliphatic rings. The smallest absolute Gasteiger partial charge is 0.408 e. The molecule has 38 heavy (non-hydrogen) atoms. The lowest BCUT2D eigenvalue weighted by Gasteiger charge is -2.23. The van der Waals surface area contributed by atoms with E-state index in [9.17, 15) is 14.4 Å². The molecular weight excluding hydrogens is 482 g/mol. The van der Waals surface area contributed by atoms with Crippen molar-refractivity contribution in [1.82, 2.24) is 16.0 Å². The summed E-state index contributed by atoms with van der Waals surface area (Å²) in [4.78, 5) is 37.8. The van der Waals surface area contributed by atoms with Crippen LogP contribution in [-0.4, -0.2) is 54.8 Å². The Labute approximate surface area is 226 Å². The summed E-state index contributed by atoms with van der Waals surface area (Å²) >= 11 is 0. The average molecular weight is 526 g/mol. The van der Waals surface area contributed by atoms with Crippen LogP contribution < -0.4 is 16.0 Å². The van der Waals surface area contributed by atoms with Crippen LogP contribution in [0.1, 0.15) is 52.7 Å². The molecule has 0 aliphatic carbocycles. The van der Waals surface area contributed by atoms with Crippen LogP contribution in [0.5, 0.6) is 0 Å². The van der Waals surface area contributed by atoms with Gasteiger partial charge in [0.2, 0.25) is 11.8 Å². The molecule has 8 nitrogen and oxygen atoms in total. The molecule has 1 unspecified atom stereocenters. The molecule has 0 aromatic heterocycles. The van der Waals surface area contributed by atoms with Crippen molar-refractivity contribution in [2.75, 3.05) is 13.2 Å². The second kappa shape index (κ2) is 15.1. The van der Waals surface area contributed by atoms with E-state index < -0.39 is 23.6 Å². The summed E-state index contributed by atoms with van der Waals surface area (Å²) in [5.41, 5.74) is 1.27. The maximum absolute atomic E-state index is 12.9. The summed E-state index contributed by atoms with van der Waals surface area (Å²) in [5, 5.41) is 8.21.